The molecule has 1 spiro atoms. The summed E-state index contributed by atoms with van der Waals surface area (Å²) in [6.07, 6.45) is 12.8. The predicted octanol–water partition coefficient (Wildman–Crippen LogP) is 11.8. The van der Waals surface area contributed by atoms with Crippen molar-refractivity contribution in [2.45, 2.75) is 69.5 Å². The minimum atomic E-state index is -0.978. The molecule has 5 heteroatoms. The van der Waals surface area contributed by atoms with Gasteiger partial charge in [0.15, 0.2) is 5.60 Å². The van der Waals surface area contributed by atoms with E-state index in [1.54, 1.807) is 26.4 Å². The Morgan fingerprint density at radius 2 is 1.33 bits per heavy atom. The normalized spacial score (nSPS) is 16.5. The van der Waals surface area contributed by atoms with Crippen molar-refractivity contribution in [1.82, 2.24) is 0 Å². The Morgan fingerprint density at radius 1 is 0.704 bits per heavy atom. The van der Waals surface area contributed by atoms with Crippen molar-refractivity contribution in [2.24, 2.45) is 0 Å². The fourth-order valence-corrected chi connectivity index (χ4v) is 9.63. The predicted molar refractivity (Wildman–Crippen MR) is 215 cm³/mol. The third-order valence-corrected chi connectivity index (χ3v) is 12.3. The van der Waals surface area contributed by atoms with E-state index in [0.717, 1.165) is 87.1 Å². The lowest BCUT2D eigenvalue weighted by molar-refractivity contribution is 0.163. The highest BCUT2D eigenvalue weighted by atomic mass is 19.1. The molecule has 1 N–H and O–H groups in total. The molecule has 0 amide bonds. The van der Waals surface area contributed by atoms with E-state index in [4.69, 9.17) is 14.2 Å². The zero-order chi connectivity index (χ0) is 37.0. The highest BCUT2D eigenvalue weighted by Crippen LogP contribution is 2.62. The second kappa shape index (κ2) is 13.5. The maximum absolute atomic E-state index is 14.2. The van der Waals surface area contributed by atoms with Gasteiger partial charge in [0, 0.05) is 27.5 Å². The molecular formula is C49H45FO4. The van der Waals surface area contributed by atoms with Gasteiger partial charge < -0.3 is 19.3 Å². The zero-order valence-electron chi connectivity index (χ0n) is 31.2. The van der Waals surface area contributed by atoms with Crippen LogP contribution in [0.4, 0.5) is 4.39 Å². The van der Waals surface area contributed by atoms with Gasteiger partial charge in [0.2, 0.25) is 0 Å². The van der Waals surface area contributed by atoms with E-state index in [9.17, 15) is 9.50 Å². The molecule has 6 aromatic carbocycles. The molecule has 9 rings (SSSR count). The summed E-state index contributed by atoms with van der Waals surface area (Å²) in [5.41, 5.74) is 10.9. The van der Waals surface area contributed by atoms with Gasteiger partial charge in [-0.15, -0.1) is 0 Å². The summed E-state index contributed by atoms with van der Waals surface area (Å²) in [5, 5.41) is 13.0. The second-order valence-corrected chi connectivity index (χ2v) is 15.2. The van der Waals surface area contributed by atoms with Crippen molar-refractivity contribution in [3.63, 3.8) is 0 Å². The first kappa shape index (κ1) is 34.4. The number of hydrogen-bond donors (Lipinski definition) is 1. The molecule has 1 fully saturated rings. The van der Waals surface area contributed by atoms with Crippen LogP contribution in [0.1, 0.15) is 83.9 Å². The standard InChI is InChI=1S/C49H45FO4/c1-31-9-22-39-44(27-31)48(24-7-5-4-6-8-25-48)46-40-23-26-49(34-12-18-37(52-2)19-13-34,35-14-20-38(53-3)21-15-35)54-47(40)43-29-41(32-10-16-36(50)17-11-32)33(30-51)28-42(43)45(39)46/h9-23,26-29,51H,4-8,24-25,30H2,1-3H3. The van der Waals surface area contributed by atoms with Crippen LogP contribution in [0.5, 0.6) is 17.2 Å². The van der Waals surface area contributed by atoms with E-state index in [1.165, 1.54) is 59.2 Å². The van der Waals surface area contributed by atoms with Crippen LogP contribution in [0.2, 0.25) is 0 Å². The summed E-state index contributed by atoms with van der Waals surface area (Å²) in [7, 11) is 3.36. The van der Waals surface area contributed by atoms with Crippen LogP contribution in [-0.4, -0.2) is 19.3 Å². The van der Waals surface area contributed by atoms with Gasteiger partial charge in [-0.2, -0.15) is 0 Å². The van der Waals surface area contributed by atoms with Crippen molar-refractivity contribution in [1.29, 1.82) is 0 Å². The number of ether oxygens (including phenoxy) is 3. The summed E-state index contributed by atoms with van der Waals surface area (Å²) >= 11 is 0. The average Bonchev–Trinajstić information content (AvgIpc) is 3.48. The lowest BCUT2D eigenvalue weighted by Crippen LogP contribution is -2.35. The molecule has 0 saturated heterocycles. The van der Waals surface area contributed by atoms with Gasteiger partial charge in [-0.25, -0.2) is 4.39 Å². The van der Waals surface area contributed by atoms with Crippen LogP contribution >= 0.6 is 0 Å². The van der Waals surface area contributed by atoms with Gasteiger partial charge in [0.1, 0.15) is 23.1 Å². The minimum Gasteiger partial charge on any atom is -0.497 e. The number of methoxy groups -OCH3 is 2. The molecule has 54 heavy (non-hydrogen) atoms. The largest absolute Gasteiger partial charge is 0.497 e. The molecular weight excluding hydrogens is 672 g/mol. The van der Waals surface area contributed by atoms with Crippen molar-refractivity contribution in [2.75, 3.05) is 14.2 Å². The van der Waals surface area contributed by atoms with E-state index >= 15 is 0 Å². The first-order chi connectivity index (χ1) is 26.4. The Morgan fingerprint density at radius 3 is 1.94 bits per heavy atom. The van der Waals surface area contributed by atoms with Gasteiger partial charge in [-0.05, 0) is 119 Å². The maximum Gasteiger partial charge on any atom is 0.178 e. The van der Waals surface area contributed by atoms with Gasteiger partial charge in [0.25, 0.3) is 0 Å². The number of rotatable bonds is 6. The summed E-state index contributed by atoms with van der Waals surface area (Å²) in [6, 6.07) is 34.1. The van der Waals surface area contributed by atoms with E-state index in [-0.39, 0.29) is 17.8 Å². The zero-order valence-corrected chi connectivity index (χ0v) is 31.2. The van der Waals surface area contributed by atoms with E-state index in [2.05, 4.69) is 73.7 Å². The Hall–Kier alpha value is -5.39. The number of halogens is 1. The first-order valence-corrected chi connectivity index (χ1v) is 19.2. The van der Waals surface area contributed by atoms with E-state index in [1.807, 2.05) is 24.3 Å². The maximum atomic E-state index is 14.2. The van der Waals surface area contributed by atoms with Crippen LogP contribution in [-0.2, 0) is 17.6 Å². The monoisotopic (exact) mass is 716 g/mol. The molecule has 6 aromatic rings. The van der Waals surface area contributed by atoms with Crippen LogP contribution in [0, 0.1) is 12.7 Å². The molecule has 0 unspecified atom stereocenters. The summed E-state index contributed by atoms with van der Waals surface area (Å²) < 4.78 is 33.1. The van der Waals surface area contributed by atoms with Crippen molar-refractivity contribution in [3.8, 4) is 39.5 Å². The van der Waals surface area contributed by atoms with E-state index < -0.39 is 5.60 Å². The Bertz CT molecular complexity index is 2350. The molecule has 272 valence electrons. The summed E-state index contributed by atoms with van der Waals surface area (Å²) in [4.78, 5) is 0. The molecule has 3 aliphatic rings. The Balaban J connectivity index is 1.39. The fraction of sp³-hybridized carbons (Fsp3) is 0.265. The first-order valence-electron chi connectivity index (χ1n) is 19.2. The van der Waals surface area contributed by atoms with E-state index in [0.29, 0.717) is 0 Å². The Labute approximate surface area is 316 Å². The third-order valence-electron chi connectivity index (χ3n) is 12.3. The molecule has 0 atom stereocenters. The van der Waals surface area contributed by atoms with Crippen LogP contribution < -0.4 is 14.2 Å². The number of benzene rings is 6. The third kappa shape index (κ3) is 5.35. The quantitative estimate of drug-likeness (QED) is 0.186. The van der Waals surface area contributed by atoms with Crippen molar-refractivity contribution < 1.29 is 23.7 Å². The molecule has 1 heterocycles. The van der Waals surface area contributed by atoms with Crippen LogP contribution in [0.3, 0.4) is 0 Å². The summed E-state index contributed by atoms with van der Waals surface area (Å²) in [6.45, 7) is 2.05. The fourth-order valence-electron chi connectivity index (χ4n) is 9.63. The van der Waals surface area contributed by atoms with Gasteiger partial charge >= 0.3 is 0 Å². The second-order valence-electron chi connectivity index (χ2n) is 15.2. The molecule has 4 nitrogen and oxygen atoms in total. The average molecular weight is 717 g/mol. The SMILES string of the molecule is COc1ccc(C2(c3ccc(OC)cc3)C=Cc3c4c(c5cc(CO)c(-c6ccc(F)cc6)cc5c3O2)-c2ccc(C)cc2C42CCCCCCC2)cc1. The topological polar surface area (TPSA) is 47.9 Å². The molecule has 0 aromatic heterocycles. The number of aliphatic hydroxyl groups excluding tert-OH is 1. The molecule has 1 aliphatic heterocycles. The molecule has 0 radical (unpaired) electrons. The molecule has 1 saturated carbocycles. The highest BCUT2D eigenvalue weighted by molar-refractivity contribution is 6.10. The van der Waals surface area contributed by atoms with Crippen LogP contribution in [0.15, 0.2) is 109 Å². The molecule has 0 bridgehead atoms. The Kier molecular flexibility index (Phi) is 8.58. The lowest BCUT2D eigenvalue weighted by atomic mass is 9.67. The summed E-state index contributed by atoms with van der Waals surface area (Å²) in [5.74, 6) is 2.06. The minimum absolute atomic E-state index is 0.150. The van der Waals surface area contributed by atoms with Gasteiger partial charge in [-0.1, -0.05) is 98.3 Å². The number of fused-ring (bicyclic) bond motifs is 10. The smallest absolute Gasteiger partial charge is 0.178 e. The van der Waals surface area contributed by atoms with Gasteiger partial charge in [0.05, 0.1) is 20.8 Å². The number of aliphatic hydroxyl groups is 1. The number of hydrogen-bond acceptors (Lipinski definition) is 4. The van der Waals surface area contributed by atoms with Gasteiger partial charge in [-0.3, -0.25) is 0 Å². The number of aryl methyl sites for hydroxylation is 1. The lowest BCUT2D eigenvalue weighted by Gasteiger charge is -2.40. The molecule has 2 aliphatic carbocycles. The van der Waals surface area contributed by atoms with Crippen LogP contribution in [0.25, 0.3) is 39.1 Å². The van der Waals surface area contributed by atoms with Crippen molar-refractivity contribution in [3.05, 3.63) is 154 Å². The highest BCUT2D eigenvalue weighted by Gasteiger charge is 2.48. The van der Waals surface area contributed by atoms with Crippen molar-refractivity contribution >= 4 is 16.8 Å².